The number of carbonyl (C=O) groups excluding carboxylic acids is 3. The van der Waals surface area contributed by atoms with Gasteiger partial charge in [-0.2, -0.15) is 0 Å². The van der Waals surface area contributed by atoms with E-state index in [1.807, 2.05) is 23.1 Å². The number of hydrogen-bond donors (Lipinski definition) is 1. The van der Waals surface area contributed by atoms with Crippen molar-refractivity contribution in [3.63, 3.8) is 0 Å². The number of hydrogen-bond acceptors (Lipinski definition) is 4. The highest BCUT2D eigenvalue weighted by Gasteiger charge is 2.46. The van der Waals surface area contributed by atoms with Gasteiger partial charge in [0.1, 0.15) is 5.75 Å². The minimum absolute atomic E-state index is 0.0653. The van der Waals surface area contributed by atoms with E-state index in [1.54, 1.807) is 23.1 Å². The summed E-state index contributed by atoms with van der Waals surface area (Å²) in [6.45, 7) is 1.96. The van der Waals surface area contributed by atoms with Crippen molar-refractivity contribution in [2.45, 2.75) is 12.3 Å². The largest absolute Gasteiger partial charge is 0.484 e. The summed E-state index contributed by atoms with van der Waals surface area (Å²) in [7, 11) is 0. The Kier molecular flexibility index (Phi) is 5.70. The van der Waals surface area contributed by atoms with E-state index >= 15 is 0 Å². The Morgan fingerprint density at radius 2 is 1.63 bits per heavy atom. The number of carbonyl (C=O) groups is 3. The zero-order valence-electron chi connectivity index (χ0n) is 16.7. The average molecular weight is 407 g/mol. The van der Waals surface area contributed by atoms with Crippen LogP contribution in [-0.4, -0.2) is 60.3 Å². The van der Waals surface area contributed by atoms with Crippen molar-refractivity contribution in [3.05, 3.63) is 65.7 Å². The molecule has 0 radical (unpaired) electrons. The summed E-state index contributed by atoms with van der Waals surface area (Å²) in [5, 5.41) is 0. The molecule has 0 spiro atoms. The zero-order chi connectivity index (χ0) is 21.1. The highest BCUT2D eigenvalue weighted by molar-refractivity contribution is 5.93. The lowest BCUT2D eigenvalue weighted by molar-refractivity contribution is -0.141. The molecule has 7 nitrogen and oxygen atoms in total. The number of benzene rings is 2. The molecular formula is C23H25N3O4. The van der Waals surface area contributed by atoms with E-state index in [2.05, 4.69) is 12.1 Å². The summed E-state index contributed by atoms with van der Waals surface area (Å²) >= 11 is 0. The van der Waals surface area contributed by atoms with Crippen LogP contribution in [0.2, 0.25) is 0 Å². The predicted molar refractivity (Wildman–Crippen MR) is 111 cm³/mol. The molecule has 4 rings (SSSR count). The fourth-order valence-corrected chi connectivity index (χ4v) is 3.92. The molecule has 2 atom stereocenters. The Balaban J connectivity index is 1.23. The van der Waals surface area contributed by atoms with Crippen molar-refractivity contribution < 1.29 is 19.1 Å². The first-order valence-electron chi connectivity index (χ1n) is 10.2. The van der Waals surface area contributed by atoms with E-state index in [0.717, 1.165) is 6.42 Å². The molecule has 1 aliphatic carbocycles. The molecule has 2 aromatic carbocycles. The van der Waals surface area contributed by atoms with Gasteiger partial charge in [-0.3, -0.25) is 14.4 Å². The summed E-state index contributed by atoms with van der Waals surface area (Å²) in [6, 6.07) is 16.6. The lowest BCUT2D eigenvalue weighted by Gasteiger charge is -2.35. The SMILES string of the molecule is NC(=O)c1cccc(OCC(=O)N2CCN(C(=O)[C@@H]3C[C@H]3c3ccccc3)CC2)c1. The zero-order valence-corrected chi connectivity index (χ0v) is 16.7. The van der Waals surface area contributed by atoms with Crippen molar-refractivity contribution >= 4 is 17.7 Å². The molecule has 0 aromatic heterocycles. The van der Waals surface area contributed by atoms with E-state index < -0.39 is 5.91 Å². The molecule has 1 heterocycles. The Morgan fingerprint density at radius 3 is 2.33 bits per heavy atom. The molecule has 30 heavy (non-hydrogen) atoms. The van der Waals surface area contributed by atoms with Gasteiger partial charge < -0.3 is 20.3 Å². The molecule has 0 unspecified atom stereocenters. The summed E-state index contributed by atoms with van der Waals surface area (Å²) in [6.07, 6.45) is 0.903. The van der Waals surface area contributed by atoms with E-state index in [0.29, 0.717) is 43.4 Å². The number of piperazine rings is 1. The molecule has 2 aromatic rings. The van der Waals surface area contributed by atoms with Crippen LogP contribution in [0.5, 0.6) is 5.75 Å². The summed E-state index contributed by atoms with van der Waals surface area (Å²) in [5.41, 5.74) is 6.82. The highest BCUT2D eigenvalue weighted by Crippen LogP contribution is 2.48. The number of primary amides is 1. The first-order chi connectivity index (χ1) is 14.5. The van der Waals surface area contributed by atoms with Gasteiger partial charge in [0.2, 0.25) is 11.8 Å². The number of amides is 3. The third kappa shape index (κ3) is 4.45. The van der Waals surface area contributed by atoms with Crippen LogP contribution >= 0.6 is 0 Å². The van der Waals surface area contributed by atoms with Crippen molar-refractivity contribution in [2.75, 3.05) is 32.8 Å². The Morgan fingerprint density at radius 1 is 0.933 bits per heavy atom. The summed E-state index contributed by atoms with van der Waals surface area (Å²) in [4.78, 5) is 40.1. The molecular weight excluding hydrogens is 382 g/mol. The second-order valence-corrected chi connectivity index (χ2v) is 7.75. The van der Waals surface area contributed by atoms with Crippen molar-refractivity contribution in [1.82, 2.24) is 9.80 Å². The fourth-order valence-electron chi connectivity index (χ4n) is 3.92. The van der Waals surface area contributed by atoms with Gasteiger partial charge in [-0.1, -0.05) is 36.4 Å². The minimum Gasteiger partial charge on any atom is -0.484 e. The minimum atomic E-state index is -0.544. The number of rotatable bonds is 6. The van der Waals surface area contributed by atoms with E-state index in [4.69, 9.17) is 10.5 Å². The van der Waals surface area contributed by atoms with Crippen LogP contribution in [0, 0.1) is 5.92 Å². The molecule has 7 heteroatoms. The molecule has 0 bridgehead atoms. The highest BCUT2D eigenvalue weighted by atomic mass is 16.5. The van der Waals surface area contributed by atoms with Crippen LogP contribution in [-0.2, 0) is 9.59 Å². The Hall–Kier alpha value is -3.35. The van der Waals surface area contributed by atoms with Crippen molar-refractivity contribution in [2.24, 2.45) is 11.7 Å². The smallest absolute Gasteiger partial charge is 0.260 e. The number of nitrogens with two attached hydrogens (primary N) is 1. The van der Waals surface area contributed by atoms with Crippen molar-refractivity contribution in [1.29, 1.82) is 0 Å². The summed E-state index contributed by atoms with van der Waals surface area (Å²) < 4.78 is 5.52. The lowest BCUT2D eigenvalue weighted by atomic mass is 10.1. The maximum Gasteiger partial charge on any atom is 0.260 e. The maximum atomic E-state index is 12.8. The van der Waals surface area contributed by atoms with Gasteiger partial charge in [0.25, 0.3) is 5.91 Å². The normalized spacial score (nSPS) is 20.5. The first-order valence-corrected chi connectivity index (χ1v) is 10.2. The van der Waals surface area contributed by atoms with Gasteiger partial charge in [0.15, 0.2) is 6.61 Å². The second kappa shape index (κ2) is 8.57. The fraction of sp³-hybridized carbons (Fsp3) is 0.348. The molecule has 2 N–H and O–H groups in total. The molecule has 2 fully saturated rings. The Labute approximate surface area is 175 Å². The van der Waals surface area contributed by atoms with Gasteiger partial charge in [0.05, 0.1) is 0 Å². The third-order valence-electron chi connectivity index (χ3n) is 5.76. The second-order valence-electron chi connectivity index (χ2n) is 7.75. The van der Waals surface area contributed by atoms with Gasteiger partial charge in [-0.25, -0.2) is 0 Å². The van der Waals surface area contributed by atoms with Crippen LogP contribution in [0.3, 0.4) is 0 Å². The first kappa shape index (κ1) is 19.9. The van der Waals surface area contributed by atoms with Gasteiger partial charge in [-0.05, 0) is 36.1 Å². The standard InChI is InChI=1S/C23H25N3O4/c24-22(28)17-7-4-8-18(13-17)30-15-21(27)25-9-11-26(12-10-25)23(29)20-14-19(20)16-5-2-1-3-6-16/h1-8,13,19-20H,9-12,14-15H2,(H2,24,28)/t19-,20+/m0/s1. The molecule has 3 amide bonds. The molecule has 1 saturated heterocycles. The monoisotopic (exact) mass is 407 g/mol. The van der Waals surface area contributed by atoms with Crippen LogP contribution in [0.1, 0.15) is 28.3 Å². The van der Waals surface area contributed by atoms with Crippen LogP contribution < -0.4 is 10.5 Å². The molecule has 2 aliphatic rings. The lowest BCUT2D eigenvalue weighted by Crippen LogP contribution is -2.52. The molecule has 156 valence electrons. The topological polar surface area (TPSA) is 92.9 Å². The number of nitrogens with zero attached hydrogens (tertiary/aromatic N) is 2. The average Bonchev–Trinajstić information content (AvgIpc) is 3.59. The molecule has 1 saturated carbocycles. The third-order valence-corrected chi connectivity index (χ3v) is 5.76. The van der Waals surface area contributed by atoms with E-state index in [1.165, 1.54) is 11.6 Å². The van der Waals surface area contributed by atoms with Crippen LogP contribution in [0.15, 0.2) is 54.6 Å². The van der Waals surface area contributed by atoms with Crippen LogP contribution in [0.4, 0.5) is 0 Å². The maximum absolute atomic E-state index is 12.8. The summed E-state index contributed by atoms with van der Waals surface area (Å²) in [5.74, 6) is 0.320. The quantitative estimate of drug-likeness (QED) is 0.788. The van der Waals surface area contributed by atoms with Gasteiger partial charge in [0, 0.05) is 37.7 Å². The molecule has 1 aliphatic heterocycles. The predicted octanol–water partition coefficient (Wildman–Crippen LogP) is 1.64. The van der Waals surface area contributed by atoms with Crippen LogP contribution in [0.25, 0.3) is 0 Å². The van der Waals surface area contributed by atoms with Crippen molar-refractivity contribution in [3.8, 4) is 5.75 Å². The van der Waals surface area contributed by atoms with Gasteiger partial charge in [-0.15, -0.1) is 0 Å². The Bertz CT molecular complexity index is 938. The van der Waals surface area contributed by atoms with E-state index in [-0.39, 0.29) is 24.3 Å². The van der Waals surface area contributed by atoms with Gasteiger partial charge >= 0.3 is 0 Å². The van der Waals surface area contributed by atoms with E-state index in [9.17, 15) is 14.4 Å². The number of ether oxygens (including phenoxy) is 1.